The van der Waals surface area contributed by atoms with Crippen LogP contribution in [0.3, 0.4) is 0 Å². The van der Waals surface area contributed by atoms with Gasteiger partial charge in [0.05, 0.1) is 18.8 Å². The predicted octanol–water partition coefficient (Wildman–Crippen LogP) is 2.33. The standard InChI is InChI=1S/C17H16N4O/c22-17(20-11-12-21-16(13-20)7-8-18-21)14-3-5-15(6-4-14)19-9-1-2-10-19/h1-10H,11-13H2. The number of carbonyl (C=O) groups is 1. The van der Waals surface area contributed by atoms with E-state index in [1.54, 1.807) is 6.20 Å². The molecule has 5 nitrogen and oxygen atoms in total. The summed E-state index contributed by atoms with van der Waals surface area (Å²) in [7, 11) is 0. The van der Waals surface area contributed by atoms with Crippen LogP contribution in [0.5, 0.6) is 0 Å². The largest absolute Gasteiger partial charge is 0.331 e. The molecule has 0 atom stereocenters. The first-order valence-electron chi connectivity index (χ1n) is 7.35. The zero-order valence-corrected chi connectivity index (χ0v) is 12.1. The molecule has 0 fully saturated rings. The molecular formula is C17H16N4O. The number of fused-ring (bicyclic) bond motifs is 1. The number of rotatable bonds is 2. The summed E-state index contributed by atoms with van der Waals surface area (Å²) >= 11 is 0. The highest BCUT2D eigenvalue weighted by atomic mass is 16.2. The summed E-state index contributed by atoms with van der Waals surface area (Å²) in [5.41, 5.74) is 2.87. The number of carbonyl (C=O) groups excluding carboxylic acids is 1. The van der Waals surface area contributed by atoms with Crippen molar-refractivity contribution < 1.29 is 4.79 Å². The van der Waals surface area contributed by atoms with Crippen molar-refractivity contribution in [3.8, 4) is 5.69 Å². The van der Waals surface area contributed by atoms with Crippen molar-refractivity contribution >= 4 is 5.91 Å². The normalized spacial score (nSPS) is 13.9. The van der Waals surface area contributed by atoms with E-state index in [-0.39, 0.29) is 5.91 Å². The van der Waals surface area contributed by atoms with E-state index in [0.29, 0.717) is 13.1 Å². The second-order valence-corrected chi connectivity index (χ2v) is 5.41. The van der Waals surface area contributed by atoms with E-state index < -0.39 is 0 Å². The van der Waals surface area contributed by atoms with E-state index in [1.165, 1.54) is 0 Å². The molecule has 2 aromatic heterocycles. The van der Waals surface area contributed by atoms with Gasteiger partial charge in [0.15, 0.2) is 0 Å². The molecule has 3 heterocycles. The van der Waals surface area contributed by atoms with Crippen LogP contribution < -0.4 is 0 Å². The molecule has 5 heteroatoms. The molecule has 1 aliphatic rings. The Labute approximate surface area is 128 Å². The molecule has 4 rings (SSSR count). The monoisotopic (exact) mass is 292 g/mol. The minimum absolute atomic E-state index is 0.0755. The fraction of sp³-hybridized carbons (Fsp3) is 0.176. The van der Waals surface area contributed by atoms with Crippen molar-refractivity contribution in [3.63, 3.8) is 0 Å². The van der Waals surface area contributed by atoms with Crippen LogP contribution in [0.1, 0.15) is 16.1 Å². The molecular weight excluding hydrogens is 276 g/mol. The van der Waals surface area contributed by atoms with Gasteiger partial charge >= 0.3 is 0 Å². The molecule has 22 heavy (non-hydrogen) atoms. The molecule has 0 bridgehead atoms. The third kappa shape index (κ3) is 2.20. The van der Waals surface area contributed by atoms with Gasteiger partial charge in [0.25, 0.3) is 5.91 Å². The minimum atomic E-state index is 0.0755. The van der Waals surface area contributed by atoms with Gasteiger partial charge in [-0.3, -0.25) is 9.48 Å². The zero-order valence-electron chi connectivity index (χ0n) is 12.1. The van der Waals surface area contributed by atoms with E-state index in [9.17, 15) is 4.79 Å². The van der Waals surface area contributed by atoms with E-state index in [4.69, 9.17) is 0 Å². The molecule has 0 saturated heterocycles. The molecule has 0 unspecified atom stereocenters. The average molecular weight is 292 g/mol. The lowest BCUT2D eigenvalue weighted by molar-refractivity contribution is 0.0706. The Morgan fingerprint density at radius 1 is 1.00 bits per heavy atom. The van der Waals surface area contributed by atoms with E-state index >= 15 is 0 Å². The average Bonchev–Trinajstić information content (AvgIpc) is 3.25. The third-order valence-corrected chi connectivity index (χ3v) is 4.04. The number of amides is 1. The molecule has 0 spiro atoms. The number of hydrogen-bond acceptors (Lipinski definition) is 2. The van der Waals surface area contributed by atoms with Gasteiger partial charge in [0.2, 0.25) is 0 Å². The van der Waals surface area contributed by atoms with Gasteiger partial charge in [0.1, 0.15) is 0 Å². The second-order valence-electron chi connectivity index (χ2n) is 5.41. The Kier molecular flexibility index (Phi) is 3.04. The lowest BCUT2D eigenvalue weighted by atomic mass is 10.1. The highest BCUT2D eigenvalue weighted by Crippen LogP contribution is 2.16. The Bertz CT molecular complexity index is 786. The zero-order chi connectivity index (χ0) is 14.9. The quantitative estimate of drug-likeness (QED) is 0.727. The first kappa shape index (κ1) is 12.9. The maximum atomic E-state index is 12.6. The first-order valence-corrected chi connectivity index (χ1v) is 7.35. The van der Waals surface area contributed by atoms with E-state index in [1.807, 2.05) is 69.0 Å². The van der Waals surface area contributed by atoms with E-state index in [2.05, 4.69) is 5.10 Å². The Morgan fingerprint density at radius 2 is 1.77 bits per heavy atom. The topological polar surface area (TPSA) is 43.1 Å². The van der Waals surface area contributed by atoms with Crippen LogP contribution in [-0.4, -0.2) is 31.7 Å². The van der Waals surface area contributed by atoms with Crippen LogP contribution in [0.25, 0.3) is 5.69 Å². The molecule has 0 N–H and O–H groups in total. The van der Waals surface area contributed by atoms with Gasteiger partial charge in [-0.15, -0.1) is 0 Å². The Hall–Kier alpha value is -2.82. The molecule has 1 aromatic carbocycles. The number of aromatic nitrogens is 3. The van der Waals surface area contributed by atoms with Crippen molar-refractivity contribution in [2.45, 2.75) is 13.1 Å². The van der Waals surface area contributed by atoms with Crippen molar-refractivity contribution in [1.29, 1.82) is 0 Å². The summed E-state index contributed by atoms with van der Waals surface area (Å²) in [6, 6.07) is 13.7. The fourth-order valence-corrected chi connectivity index (χ4v) is 2.82. The summed E-state index contributed by atoms with van der Waals surface area (Å²) in [5, 5.41) is 4.24. The summed E-state index contributed by atoms with van der Waals surface area (Å²) in [6.07, 6.45) is 5.76. The molecule has 0 aliphatic carbocycles. The molecule has 110 valence electrons. The molecule has 0 radical (unpaired) electrons. The first-order chi connectivity index (χ1) is 10.8. The maximum absolute atomic E-state index is 12.6. The molecule has 0 saturated carbocycles. The van der Waals surface area contributed by atoms with Gasteiger partial charge in [-0.25, -0.2) is 0 Å². The Balaban J connectivity index is 1.54. The number of hydrogen-bond donors (Lipinski definition) is 0. The van der Waals surface area contributed by atoms with Crippen LogP contribution in [0, 0.1) is 0 Å². The van der Waals surface area contributed by atoms with Crippen LogP contribution in [-0.2, 0) is 13.1 Å². The van der Waals surface area contributed by atoms with Gasteiger partial charge in [-0.05, 0) is 42.5 Å². The summed E-state index contributed by atoms with van der Waals surface area (Å²) < 4.78 is 3.98. The highest BCUT2D eigenvalue weighted by molar-refractivity contribution is 5.94. The molecule has 1 aliphatic heterocycles. The lowest BCUT2D eigenvalue weighted by Crippen LogP contribution is -2.38. The highest BCUT2D eigenvalue weighted by Gasteiger charge is 2.21. The van der Waals surface area contributed by atoms with Crippen molar-refractivity contribution in [1.82, 2.24) is 19.2 Å². The van der Waals surface area contributed by atoms with Gasteiger partial charge in [-0.1, -0.05) is 0 Å². The van der Waals surface area contributed by atoms with E-state index in [0.717, 1.165) is 23.5 Å². The van der Waals surface area contributed by atoms with Crippen molar-refractivity contribution in [2.75, 3.05) is 6.54 Å². The summed E-state index contributed by atoms with van der Waals surface area (Å²) in [5.74, 6) is 0.0755. The van der Waals surface area contributed by atoms with Crippen LogP contribution in [0.4, 0.5) is 0 Å². The fourth-order valence-electron chi connectivity index (χ4n) is 2.82. The van der Waals surface area contributed by atoms with Gasteiger partial charge < -0.3 is 9.47 Å². The second kappa shape index (κ2) is 5.18. The molecule has 3 aromatic rings. The number of nitrogens with zero attached hydrogens (tertiary/aromatic N) is 4. The number of benzene rings is 1. The van der Waals surface area contributed by atoms with Gasteiger partial charge in [0, 0.05) is 36.4 Å². The summed E-state index contributed by atoms with van der Waals surface area (Å²) in [4.78, 5) is 14.5. The minimum Gasteiger partial charge on any atom is -0.331 e. The maximum Gasteiger partial charge on any atom is 0.254 e. The van der Waals surface area contributed by atoms with Crippen LogP contribution >= 0.6 is 0 Å². The van der Waals surface area contributed by atoms with Crippen LogP contribution in [0.15, 0.2) is 61.1 Å². The SMILES string of the molecule is O=C(c1ccc(-n2cccc2)cc1)N1CCn2nccc2C1. The third-order valence-electron chi connectivity index (χ3n) is 4.04. The summed E-state index contributed by atoms with van der Waals surface area (Å²) in [6.45, 7) is 2.08. The van der Waals surface area contributed by atoms with Crippen molar-refractivity contribution in [2.24, 2.45) is 0 Å². The Morgan fingerprint density at radius 3 is 2.55 bits per heavy atom. The van der Waals surface area contributed by atoms with Crippen LogP contribution in [0.2, 0.25) is 0 Å². The lowest BCUT2D eigenvalue weighted by Gasteiger charge is -2.27. The smallest absolute Gasteiger partial charge is 0.254 e. The molecule has 1 amide bonds. The van der Waals surface area contributed by atoms with Gasteiger partial charge in [-0.2, -0.15) is 5.10 Å². The predicted molar refractivity (Wildman–Crippen MR) is 82.7 cm³/mol. The van der Waals surface area contributed by atoms with Crippen molar-refractivity contribution in [3.05, 3.63) is 72.3 Å².